The number of aliphatic hydroxyl groups is 1. The summed E-state index contributed by atoms with van der Waals surface area (Å²) < 4.78 is 0. The first-order valence-corrected chi connectivity index (χ1v) is 8.29. The number of aliphatic hydroxyl groups excluding tert-OH is 1. The van der Waals surface area contributed by atoms with Crippen LogP contribution in [0, 0.1) is 11.8 Å². The summed E-state index contributed by atoms with van der Waals surface area (Å²) in [6.07, 6.45) is 9.02. The lowest BCUT2D eigenvalue weighted by atomic mass is 9.87. The Morgan fingerprint density at radius 2 is 1.95 bits per heavy atom. The van der Waals surface area contributed by atoms with Crippen molar-refractivity contribution >= 4 is 0 Å². The monoisotopic (exact) mass is 268 g/mol. The number of nitrogens with zero attached hydrogens (tertiary/aromatic N) is 1. The van der Waals surface area contributed by atoms with Gasteiger partial charge in [-0.05, 0) is 51.1 Å². The normalized spacial score (nSPS) is 32.4. The van der Waals surface area contributed by atoms with Crippen LogP contribution in [-0.2, 0) is 0 Å². The van der Waals surface area contributed by atoms with Gasteiger partial charge in [-0.3, -0.25) is 0 Å². The molecule has 0 spiro atoms. The van der Waals surface area contributed by atoms with Crippen LogP contribution in [0.1, 0.15) is 51.9 Å². The van der Waals surface area contributed by atoms with E-state index in [0.29, 0.717) is 12.0 Å². The summed E-state index contributed by atoms with van der Waals surface area (Å²) in [5, 5.41) is 13.9. The summed E-state index contributed by atoms with van der Waals surface area (Å²) >= 11 is 0. The molecule has 3 heteroatoms. The van der Waals surface area contributed by atoms with E-state index >= 15 is 0 Å². The van der Waals surface area contributed by atoms with Crippen molar-refractivity contribution in [3.8, 4) is 0 Å². The van der Waals surface area contributed by atoms with Crippen molar-refractivity contribution in [3.05, 3.63) is 0 Å². The van der Waals surface area contributed by atoms with Crippen molar-refractivity contribution < 1.29 is 5.11 Å². The summed E-state index contributed by atoms with van der Waals surface area (Å²) in [7, 11) is 2.18. The van der Waals surface area contributed by atoms with Crippen molar-refractivity contribution in [2.45, 2.75) is 64.0 Å². The zero-order chi connectivity index (χ0) is 13.7. The van der Waals surface area contributed by atoms with Gasteiger partial charge < -0.3 is 15.3 Å². The van der Waals surface area contributed by atoms with Gasteiger partial charge in [-0.15, -0.1) is 0 Å². The maximum Gasteiger partial charge on any atom is 0.0578 e. The van der Waals surface area contributed by atoms with Crippen LogP contribution in [0.5, 0.6) is 0 Å². The lowest BCUT2D eigenvalue weighted by Gasteiger charge is -2.38. The zero-order valence-corrected chi connectivity index (χ0v) is 12.8. The number of hydrogen-bond donors (Lipinski definition) is 2. The molecule has 3 unspecified atom stereocenters. The van der Waals surface area contributed by atoms with Gasteiger partial charge in [0.15, 0.2) is 0 Å². The summed E-state index contributed by atoms with van der Waals surface area (Å²) in [6, 6.07) is 0.576. The third-order valence-electron chi connectivity index (χ3n) is 5.05. The van der Waals surface area contributed by atoms with Crippen molar-refractivity contribution in [1.82, 2.24) is 10.2 Å². The highest BCUT2D eigenvalue weighted by Gasteiger charge is 2.29. The smallest absolute Gasteiger partial charge is 0.0578 e. The van der Waals surface area contributed by atoms with Crippen LogP contribution in [0.3, 0.4) is 0 Å². The number of likely N-dealkylation sites (tertiary alicyclic amines) is 1. The molecule has 0 amide bonds. The molecule has 0 aromatic rings. The molecule has 1 aliphatic heterocycles. The maximum absolute atomic E-state index is 10.1. The molecule has 1 saturated heterocycles. The Morgan fingerprint density at radius 3 is 2.63 bits per heavy atom. The highest BCUT2D eigenvalue weighted by Crippen LogP contribution is 2.24. The Morgan fingerprint density at radius 1 is 1.21 bits per heavy atom. The Balaban J connectivity index is 1.75. The summed E-state index contributed by atoms with van der Waals surface area (Å²) in [6.45, 7) is 5.47. The fraction of sp³-hybridized carbons (Fsp3) is 1.00. The lowest BCUT2D eigenvalue weighted by molar-refractivity contribution is 0.0437. The van der Waals surface area contributed by atoms with Gasteiger partial charge in [0.25, 0.3) is 0 Å². The molecule has 112 valence electrons. The minimum absolute atomic E-state index is 0.123. The molecule has 0 radical (unpaired) electrons. The van der Waals surface area contributed by atoms with Crippen LogP contribution >= 0.6 is 0 Å². The second-order valence-electron chi connectivity index (χ2n) is 6.80. The zero-order valence-electron chi connectivity index (χ0n) is 12.8. The molecule has 0 aromatic carbocycles. The number of likely N-dealkylation sites (N-methyl/N-ethyl adjacent to an activating group) is 1. The number of nitrogens with one attached hydrogen (secondary N) is 1. The van der Waals surface area contributed by atoms with Crippen molar-refractivity contribution in [2.24, 2.45) is 11.8 Å². The first-order chi connectivity index (χ1) is 9.19. The molecule has 3 nitrogen and oxygen atoms in total. The Labute approximate surface area is 118 Å². The third kappa shape index (κ3) is 4.73. The van der Waals surface area contributed by atoms with E-state index in [4.69, 9.17) is 0 Å². The van der Waals surface area contributed by atoms with Crippen LogP contribution in [0.25, 0.3) is 0 Å². The fourth-order valence-corrected chi connectivity index (χ4v) is 3.85. The van der Waals surface area contributed by atoms with Gasteiger partial charge in [0.1, 0.15) is 0 Å². The maximum atomic E-state index is 10.1. The van der Waals surface area contributed by atoms with Crippen LogP contribution in [0.4, 0.5) is 0 Å². The standard InChI is InChI=1S/C16H32N2O/c1-3-16(19)14-9-15(12-18(2)11-14)17-10-13-7-5-4-6-8-13/h13-17,19H,3-12H2,1-2H3. The molecule has 2 fully saturated rings. The molecule has 2 rings (SSSR count). The Hall–Kier alpha value is -0.120. The molecule has 0 bridgehead atoms. The quantitative estimate of drug-likeness (QED) is 0.803. The first kappa shape index (κ1) is 15.3. The lowest BCUT2D eigenvalue weighted by Crippen LogP contribution is -2.51. The van der Waals surface area contributed by atoms with E-state index in [9.17, 15) is 5.11 Å². The average molecular weight is 268 g/mol. The molecule has 3 atom stereocenters. The van der Waals surface area contributed by atoms with Gasteiger partial charge in [0.2, 0.25) is 0 Å². The molecule has 1 heterocycles. The average Bonchev–Trinajstić information content (AvgIpc) is 2.45. The minimum atomic E-state index is -0.123. The van der Waals surface area contributed by atoms with Crippen molar-refractivity contribution in [3.63, 3.8) is 0 Å². The van der Waals surface area contributed by atoms with E-state index in [1.807, 2.05) is 0 Å². The fourth-order valence-electron chi connectivity index (χ4n) is 3.85. The Kier molecular flexibility index (Phi) is 6.11. The van der Waals surface area contributed by atoms with Crippen LogP contribution in [-0.4, -0.2) is 48.8 Å². The highest BCUT2D eigenvalue weighted by molar-refractivity contribution is 4.86. The SMILES string of the molecule is CCC(O)C1CC(NCC2CCCCC2)CN(C)C1. The number of piperidine rings is 1. The molecule has 1 saturated carbocycles. The molecule has 1 aliphatic carbocycles. The predicted octanol–water partition coefficient (Wildman–Crippen LogP) is 2.25. The van der Waals surface area contributed by atoms with Crippen molar-refractivity contribution in [1.29, 1.82) is 0 Å². The topological polar surface area (TPSA) is 35.5 Å². The molecular weight excluding hydrogens is 236 g/mol. The molecule has 19 heavy (non-hydrogen) atoms. The van der Waals surface area contributed by atoms with Crippen LogP contribution in [0.2, 0.25) is 0 Å². The highest BCUT2D eigenvalue weighted by atomic mass is 16.3. The van der Waals surface area contributed by atoms with E-state index in [-0.39, 0.29) is 6.10 Å². The van der Waals surface area contributed by atoms with Crippen LogP contribution < -0.4 is 5.32 Å². The van der Waals surface area contributed by atoms with E-state index in [2.05, 4.69) is 24.2 Å². The molecular formula is C16H32N2O. The van der Waals surface area contributed by atoms with E-state index in [1.165, 1.54) is 38.6 Å². The molecule has 2 aliphatic rings. The van der Waals surface area contributed by atoms with Gasteiger partial charge in [0, 0.05) is 19.1 Å². The van der Waals surface area contributed by atoms with Gasteiger partial charge in [-0.2, -0.15) is 0 Å². The van der Waals surface area contributed by atoms with Gasteiger partial charge in [-0.25, -0.2) is 0 Å². The first-order valence-electron chi connectivity index (χ1n) is 8.29. The number of rotatable bonds is 5. The van der Waals surface area contributed by atoms with E-state index < -0.39 is 0 Å². The van der Waals surface area contributed by atoms with Crippen molar-refractivity contribution in [2.75, 3.05) is 26.7 Å². The van der Waals surface area contributed by atoms with E-state index in [1.54, 1.807) is 0 Å². The largest absolute Gasteiger partial charge is 0.393 e. The summed E-state index contributed by atoms with van der Waals surface area (Å²) in [5.74, 6) is 1.35. The van der Waals surface area contributed by atoms with Gasteiger partial charge in [-0.1, -0.05) is 26.2 Å². The van der Waals surface area contributed by atoms with Crippen LogP contribution in [0.15, 0.2) is 0 Å². The number of hydrogen-bond acceptors (Lipinski definition) is 3. The molecule has 2 N–H and O–H groups in total. The third-order valence-corrected chi connectivity index (χ3v) is 5.05. The van der Waals surface area contributed by atoms with Gasteiger partial charge in [0.05, 0.1) is 6.10 Å². The summed E-state index contributed by atoms with van der Waals surface area (Å²) in [4.78, 5) is 2.38. The summed E-state index contributed by atoms with van der Waals surface area (Å²) in [5.41, 5.74) is 0. The predicted molar refractivity (Wildman–Crippen MR) is 80.3 cm³/mol. The minimum Gasteiger partial charge on any atom is -0.393 e. The Bertz CT molecular complexity index is 253. The second-order valence-corrected chi connectivity index (χ2v) is 6.80. The second kappa shape index (κ2) is 7.61. The van der Waals surface area contributed by atoms with E-state index in [0.717, 1.165) is 31.8 Å². The molecule has 0 aromatic heterocycles. The van der Waals surface area contributed by atoms with Gasteiger partial charge >= 0.3 is 0 Å².